The molecule has 2 unspecified atom stereocenters. The van der Waals surface area contributed by atoms with Gasteiger partial charge in [-0.2, -0.15) is 11.8 Å². The number of aliphatic hydroxyl groups excluding tert-OH is 1. The molecule has 1 fully saturated rings. The summed E-state index contributed by atoms with van der Waals surface area (Å²) in [6.45, 7) is 4.60. The van der Waals surface area contributed by atoms with E-state index < -0.39 is 0 Å². The molecule has 2 nitrogen and oxygen atoms in total. The molecule has 0 radical (unpaired) electrons. The quantitative estimate of drug-likeness (QED) is 0.755. The second kappa shape index (κ2) is 6.87. The monoisotopic (exact) mass is 245 g/mol. The van der Waals surface area contributed by atoms with E-state index in [9.17, 15) is 5.11 Å². The summed E-state index contributed by atoms with van der Waals surface area (Å²) in [6.07, 6.45) is 9.54. The van der Waals surface area contributed by atoms with Crippen LogP contribution in [-0.4, -0.2) is 34.8 Å². The lowest BCUT2D eigenvalue weighted by Gasteiger charge is -2.40. The summed E-state index contributed by atoms with van der Waals surface area (Å²) in [5.41, 5.74) is -0.0456. The Bertz CT molecular complexity index is 186. The maximum absolute atomic E-state index is 9.60. The molecule has 16 heavy (non-hydrogen) atoms. The third kappa shape index (κ3) is 3.38. The second-order valence-electron chi connectivity index (χ2n) is 4.95. The van der Waals surface area contributed by atoms with Crippen LogP contribution in [0.2, 0.25) is 0 Å². The second-order valence-corrected chi connectivity index (χ2v) is 6.03. The molecule has 1 aliphatic carbocycles. The van der Waals surface area contributed by atoms with E-state index in [1.54, 1.807) is 0 Å². The van der Waals surface area contributed by atoms with Crippen LogP contribution in [0.1, 0.15) is 52.4 Å². The first-order chi connectivity index (χ1) is 7.71. The van der Waals surface area contributed by atoms with Crippen LogP contribution in [0.3, 0.4) is 0 Å². The molecule has 0 aromatic rings. The summed E-state index contributed by atoms with van der Waals surface area (Å²) in [4.78, 5) is 0. The van der Waals surface area contributed by atoms with Gasteiger partial charge in [-0.05, 0) is 31.9 Å². The SMILES string of the molecule is CCC(CC)(CO)NC1CCCCC1SC. The zero-order valence-corrected chi connectivity index (χ0v) is 11.8. The number of hydrogen-bond acceptors (Lipinski definition) is 3. The van der Waals surface area contributed by atoms with Crippen molar-refractivity contribution < 1.29 is 5.11 Å². The average Bonchev–Trinajstić information content (AvgIpc) is 2.36. The highest BCUT2D eigenvalue weighted by Crippen LogP contribution is 2.29. The van der Waals surface area contributed by atoms with Gasteiger partial charge in [-0.25, -0.2) is 0 Å². The van der Waals surface area contributed by atoms with Gasteiger partial charge in [0, 0.05) is 16.8 Å². The molecular formula is C13H27NOS. The fourth-order valence-electron chi connectivity index (χ4n) is 2.66. The third-order valence-corrected chi connectivity index (χ3v) is 5.32. The van der Waals surface area contributed by atoms with E-state index in [1.165, 1.54) is 25.7 Å². The minimum atomic E-state index is -0.0456. The van der Waals surface area contributed by atoms with Crippen molar-refractivity contribution in [1.82, 2.24) is 5.32 Å². The zero-order chi connectivity index (χ0) is 12.0. The highest BCUT2D eigenvalue weighted by Gasteiger charge is 2.32. The molecule has 0 bridgehead atoms. The van der Waals surface area contributed by atoms with Crippen molar-refractivity contribution in [3.63, 3.8) is 0 Å². The minimum Gasteiger partial charge on any atom is -0.394 e. The minimum absolute atomic E-state index is 0.0456. The number of aliphatic hydroxyl groups is 1. The van der Waals surface area contributed by atoms with Crippen molar-refractivity contribution >= 4 is 11.8 Å². The van der Waals surface area contributed by atoms with Gasteiger partial charge in [-0.15, -0.1) is 0 Å². The van der Waals surface area contributed by atoms with E-state index in [2.05, 4.69) is 25.4 Å². The fourth-order valence-corrected chi connectivity index (χ4v) is 3.60. The van der Waals surface area contributed by atoms with Gasteiger partial charge in [-0.1, -0.05) is 26.7 Å². The summed E-state index contributed by atoms with van der Waals surface area (Å²) in [6, 6.07) is 0.593. The van der Waals surface area contributed by atoms with Crippen LogP contribution in [-0.2, 0) is 0 Å². The molecule has 1 rings (SSSR count). The standard InChI is InChI=1S/C13H27NOS/c1-4-13(5-2,10-15)14-11-8-6-7-9-12(11)16-3/h11-12,14-15H,4-10H2,1-3H3. The van der Waals surface area contributed by atoms with Gasteiger partial charge in [0.2, 0.25) is 0 Å². The lowest BCUT2D eigenvalue weighted by molar-refractivity contribution is 0.130. The van der Waals surface area contributed by atoms with E-state index in [0.717, 1.165) is 18.1 Å². The van der Waals surface area contributed by atoms with Gasteiger partial charge in [0.15, 0.2) is 0 Å². The molecule has 2 atom stereocenters. The normalized spacial score (nSPS) is 27.0. The van der Waals surface area contributed by atoms with Crippen molar-refractivity contribution in [3.05, 3.63) is 0 Å². The fraction of sp³-hybridized carbons (Fsp3) is 1.00. The van der Waals surface area contributed by atoms with Crippen LogP contribution in [0.25, 0.3) is 0 Å². The lowest BCUT2D eigenvalue weighted by Crippen LogP contribution is -2.56. The van der Waals surface area contributed by atoms with Crippen molar-refractivity contribution in [2.75, 3.05) is 12.9 Å². The molecule has 2 N–H and O–H groups in total. The van der Waals surface area contributed by atoms with Crippen LogP contribution in [0.15, 0.2) is 0 Å². The molecule has 0 saturated heterocycles. The predicted molar refractivity (Wildman–Crippen MR) is 73.1 cm³/mol. The summed E-state index contributed by atoms with van der Waals surface area (Å²) in [7, 11) is 0. The Morgan fingerprint density at radius 1 is 1.25 bits per heavy atom. The van der Waals surface area contributed by atoms with E-state index in [1.807, 2.05) is 11.8 Å². The van der Waals surface area contributed by atoms with Crippen molar-refractivity contribution in [2.24, 2.45) is 0 Å². The van der Waals surface area contributed by atoms with Crippen LogP contribution in [0.5, 0.6) is 0 Å². The van der Waals surface area contributed by atoms with Gasteiger partial charge >= 0.3 is 0 Å². The summed E-state index contributed by atoms with van der Waals surface area (Å²) >= 11 is 1.98. The Morgan fingerprint density at radius 2 is 1.88 bits per heavy atom. The molecule has 0 aromatic carbocycles. The number of hydrogen-bond donors (Lipinski definition) is 2. The number of rotatable bonds is 6. The molecule has 0 spiro atoms. The molecule has 0 amide bonds. The molecule has 3 heteroatoms. The van der Waals surface area contributed by atoms with Crippen LogP contribution in [0, 0.1) is 0 Å². The van der Waals surface area contributed by atoms with E-state index in [0.29, 0.717) is 6.04 Å². The third-order valence-electron chi connectivity index (χ3n) is 4.15. The summed E-state index contributed by atoms with van der Waals surface area (Å²) < 4.78 is 0. The summed E-state index contributed by atoms with van der Waals surface area (Å²) in [5.74, 6) is 0. The molecular weight excluding hydrogens is 218 g/mol. The Labute approximate surface area is 105 Å². The zero-order valence-electron chi connectivity index (χ0n) is 11.0. The molecule has 0 aliphatic heterocycles. The Balaban J connectivity index is 2.61. The number of thioether (sulfide) groups is 1. The molecule has 1 saturated carbocycles. The molecule has 0 heterocycles. The van der Waals surface area contributed by atoms with Crippen LogP contribution >= 0.6 is 11.8 Å². The van der Waals surface area contributed by atoms with E-state index in [4.69, 9.17) is 0 Å². The largest absolute Gasteiger partial charge is 0.394 e. The van der Waals surface area contributed by atoms with Gasteiger partial charge in [-0.3, -0.25) is 0 Å². The summed E-state index contributed by atoms with van der Waals surface area (Å²) in [5, 5.41) is 14.1. The maximum atomic E-state index is 9.60. The Morgan fingerprint density at radius 3 is 2.38 bits per heavy atom. The van der Waals surface area contributed by atoms with Gasteiger partial charge in [0.05, 0.1) is 6.61 Å². The topological polar surface area (TPSA) is 32.3 Å². The van der Waals surface area contributed by atoms with Gasteiger partial charge in [0.1, 0.15) is 0 Å². The molecule has 0 aromatic heterocycles. The highest BCUT2D eigenvalue weighted by molar-refractivity contribution is 7.99. The van der Waals surface area contributed by atoms with Crippen molar-refractivity contribution in [3.8, 4) is 0 Å². The predicted octanol–water partition coefficient (Wildman–Crippen LogP) is 2.80. The average molecular weight is 245 g/mol. The van der Waals surface area contributed by atoms with Crippen molar-refractivity contribution in [2.45, 2.75) is 69.2 Å². The number of nitrogens with one attached hydrogen (secondary N) is 1. The van der Waals surface area contributed by atoms with Crippen LogP contribution < -0.4 is 5.32 Å². The lowest BCUT2D eigenvalue weighted by atomic mass is 9.88. The Kier molecular flexibility index (Phi) is 6.16. The molecule has 96 valence electrons. The smallest absolute Gasteiger partial charge is 0.0613 e. The molecule has 1 aliphatic rings. The highest BCUT2D eigenvalue weighted by atomic mass is 32.2. The first-order valence-electron chi connectivity index (χ1n) is 6.62. The van der Waals surface area contributed by atoms with Crippen LogP contribution in [0.4, 0.5) is 0 Å². The maximum Gasteiger partial charge on any atom is 0.0613 e. The van der Waals surface area contributed by atoms with Gasteiger partial charge in [0.25, 0.3) is 0 Å². The first kappa shape index (κ1) is 14.3. The van der Waals surface area contributed by atoms with Gasteiger partial charge < -0.3 is 10.4 Å². The van der Waals surface area contributed by atoms with E-state index >= 15 is 0 Å². The van der Waals surface area contributed by atoms with Crippen molar-refractivity contribution in [1.29, 1.82) is 0 Å². The Hall–Kier alpha value is 0.270. The van der Waals surface area contributed by atoms with E-state index in [-0.39, 0.29) is 12.1 Å². The first-order valence-corrected chi connectivity index (χ1v) is 7.91.